The Morgan fingerprint density at radius 1 is 1.43 bits per heavy atom. The van der Waals surface area contributed by atoms with Crippen molar-refractivity contribution in [2.75, 3.05) is 11.4 Å². The van der Waals surface area contributed by atoms with Crippen LogP contribution in [-0.4, -0.2) is 33.3 Å². The highest BCUT2D eigenvalue weighted by Crippen LogP contribution is 2.29. The van der Waals surface area contributed by atoms with Gasteiger partial charge in [0.15, 0.2) is 0 Å². The number of aryl methyl sites for hydroxylation is 1. The second kappa shape index (κ2) is 6.25. The number of rotatable bonds is 2. The summed E-state index contributed by atoms with van der Waals surface area (Å²) in [5.41, 5.74) is 1.59. The predicted molar refractivity (Wildman–Crippen MR) is 92.1 cm³/mol. The standard InChI is InChI=1S/C15H14ClN3O3.H2S/c1-8-5-10(3-4-12(8)16)18-7-9(2)19-13(14(18)20)11(6-17-19)15(21)22;/h3-6,9H,7H2,1-2H3,(H,21,22);1H2/t9-;/m0./s1. The maximum Gasteiger partial charge on any atom is 0.339 e. The van der Waals surface area contributed by atoms with Gasteiger partial charge in [0.2, 0.25) is 0 Å². The van der Waals surface area contributed by atoms with Crippen LogP contribution < -0.4 is 4.90 Å². The first-order chi connectivity index (χ1) is 10.4. The summed E-state index contributed by atoms with van der Waals surface area (Å²) in [7, 11) is 0. The van der Waals surface area contributed by atoms with Crippen LogP contribution in [0.15, 0.2) is 24.4 Å². The van der Waals surface area contributed by atoms with Crippen LogP contribution in [0.3, 0.4) is 0 Å². The number of carbonyl (C=O) groups excluding carboxylic acids is 1. The maximum absolute atomic E-state index is 12.7. The van der Waals surface area contributed by atoms with E-state index in [0.29, 0.717) is 17.3 Å². The van der Waals surface area contributed by atoms with E-state index in [2.05, 4.69) is 5.10 Å². The number of hydrogen-bond donors (Lipinski definition) is 1. The first-order valence-corrected chi connectivity index (χ1v) is 7.16. The molecule has 3 rings (SSSR count). The summed E-state index contributed by atoms with van der Waals surface area (Å²) in [4.78, 5) is 25.6. The lowest BCUT2D eigenvalue weighted by atomic mass is 10.1. The third-order valence-electron chi connectivity index (χ3n) is 3.79. The molecule has 2 heterocycles. The summed E-state index contributed by atoms with van der Waals surface area (Å²) >= 11 is 6.02. The summed E-state index contributed by atoms with van der Waals surface area (Å²) in [6, 6.07) is 5.19. The van der Waals surface area contributed by atoms with Gasteiger partial charge in [0, 0.05) is 17.3 Å². The van der Waals surface area contributed by atoms with E-state index in [1.54, 1.807) is 17.0 Å². The fourth-order valence-electron chi connectivity index (χ4n) is 2.64. The highest BCUT2D eigenvalue weighted by Gasteiger charge is 2.35. The minimum atomic E-state index is -1.16. The Morgan fingerprint density at radius 2 is 2.13 bits per heavy atom. The van der Waals surface area contributed by atoms with Crippen molar-refractivity contribution in [3.8, 4) is 0 Å². The van der Waals surface area contributed by atoms with Crippen molar-refractivity contribution in [2.24, 2.45) is 0 Å². The lowest BCUT2D eigenvalue weighted by Gasteiger charge is -2.32. The van der Waals surface area contributed by atoms with E-state index in [1.165, 1.54) is 10.9 Å². The van der Waals surface area contributed by atoms with E-state index < -0.39 is 5.97 Å². The Bertz CT molecular complexity index is 790. The van der Waals surface area contributed by atoms with E-state index in [0.717, 1.165) is 5.56 Å². The lowest BCUT2D eigenvalue weighted by molar-refractivity contribution is 0.0690. The van der Waals surface area contributed by atoms with Crippen molar-refractivity contribution < 1.29 is 14.7 Å². The van der Waals surface area contributed by atoms with Crippen LogP contribution in [0.2, 0.25) is 5.02 Å². The van der Waals surface area contributed by atoms with Gasteiger partial charge in [-0.2, -0.15) is 18.6 Å². The average Bonchev–Trinajstić information content (AvgIpc) is 2.92. The molecule has 0 spiro atoms. The number of aromatic nitrogens is 2. The van der Waals surface area contributed by atoms with Crippen LogP contribution in [0.25, 0.3) is 0 Å². The minimum Gasteiger partial charge on any atom is -0.478 e. The molecule has 0 aliphatic carbocycles. The molecule has 0 saturated carbocycles. The van der Waals surface area contributed by atoms with E-state index >= 15 is 0 Å². The molecule has 1 aliphatic heterocycles. The summed E-state index contributed by atoms with van der Waals surface area (Å²) < 4.78 is 1.48. The SMILES string of the molecule is Cc1cc(N2C[C@H](C)n3ncc(C(=O)O)c3C2=O)ccc1Cl.S. The summed E-state index contributed by atoms with van der Waals surface area (Å²) in [5, 5.41) is 13.9. The second-order valence-electron chi connectivity index (χ2n) is 5.35. The molecule has 0 unspecified atom stereocenters. The van der Waals surface area contributed by atoms with Crippen LogP contribution in [0.5, 0.6) is 0 Å². The van der Waals surface area contributed by atoms with Crippen molar-refractivity contribution in [3.63, 3.8) is 0 Å². The molecule has 1 aromatic carbocycles. The van der Waals surface area contributed by atoms with Gasteiger partial charge in [0.1, 0.15) is 11.3 Å². The molecule has 122 valence electrons. The molecule has 1 aliphatic rings. The van der Waals surface area contributed by atoms with Gasteiger partial charge in [0.25, 0.3) is 5.91 Å². The van der Waals surface area contributed by atoms with Gasteiger partial charge in [-0.05, 0) is 37.6 Å². The maximum atomic E-state index is 12.7. The number of carboxylic acid groups (broad SMARTS) is 1. The van der Waals surface area contributed by atoms with Crippen molar-refractivity contribution in [3.05, 3.63) is 46.2 Å². The molecule has 0 bridgehead atoms. The highest BCUT2D eigenvalue weighted by atomic mass is 35.5. The normalized spacial score (nSPS) is 16.7. The van der Waals surface area contributed by atoms with E-state index in [-0.39, 0.29) is 36.7 Å². The smallest absolute Gasteiger partial charge is 0.339 e. The molecule has 0 radical (unpaired) electrons. The molecule has 2 aromatic rings. The number of aromatic carboxylic acids is 1. The molecule has 6 nitrogen and oxygen atoms in total. The minimum absolute atomic E-state index is 0. The number of nitrogens with zero attached hydrogens (tertiary/aromatic N) is 3. The largest absolute Gasteiger partial charge is 0.478 e. The monoisotopic (exact) mass is 353 g/mol. The third-order valence-corrected chi connectivity index (χ3v) is 4.22. The lowest BCUT2D eigenvalue weighted by Crippen LogP contribution is -2.43. The van der Waals surface area contributed by atoms with Crippen molar-refractivity contribution >= 4 is 42.7 Å². The molecule has 1 N–H and O–H groups in total. The first-order valence-electron chi connectivity index (χ1n) is 6.79. The zero-order valence-corrected chi connectivity index (χ0v) is 14.3. The predicted octanol–water partition coefficient (Wildman–Crippen LogP) is 2.88. The Balaban J connectivity index is 0.00000192. The molecule has 0 saturated heterocycles. The third kappa shape index (κ3) is 2.82. The number of carboxylic acids is 1. The number of halogens is 1. The number of hydrogen-bond acceptors (Lipinski definition) is 3. The topological polar surface area (TPSA) is 75.4 Å². The second-order valence-corrected chi connectivity index (χ2v) is 5.76. The number of carbonyl (C=O) groups is 2. The van der Waals surface area contributed by atoms with Crippen LogP contribution in [-0.2, 0) is 0 Å². The Kier molecular flexibility index (Phi) is 4.72. The zero-order valence-electron chi connectivity index (χ0n) is 12.6. The van der Waals surface area contributed by atoms with Gasteiger partial charge < -0.3 is 10.0 Å². The highest BCUT2D eigenvalue weighted by molar-refractivity contribution is 7.59. The molecular formula is C15H16ClN3O3S. The molecule has 1 atom stereocenters. The molecule has 1 aromatic heterocycles. The Morgan fingerprint density at radius 3 is 2.74 bits per heavy atom. The van der Waals surface area contributed by atoms with Crippen molar-refractivity contribution in [1.29, 1.82) is 0 Å². The zero-order chi connectivity index (χ0) is 16.0. The van der Waals surface area contributed by atoms with Crippen LogP contribution in [0, 0.1) is 6.92 Å². The summed E-state index contributed by atoms with van der Waals surface area (Å²) in [6.07, 6.45) is 1.22. The first kappa shape index (κ1) is 17.4. The molecule has 8 heteroatoms. The molecule has 23 heavy (non-hydrogen) atoms. The quantitative estimate of drug-likeness (QED) is 0.900. The summed E-state index contributed by atoms with van der Waals surface area (Å²) in [5.74, 6) is -1.52. The van der Waals surface area contributed by atoms with Crippen LogP contribution in [0.1, 0.15) is 39.4 Å². The van der Waals surface area contributed by atoms with Gasteiger partial charge in [-0.25, -0.2) is 4.79 Å². The molecular weight excluding hydrogens is 338 g/mol. The number of amides is 1. The van der Waals surface area contributed by atoms with Gasteiger partial charge in [-0.3, -0.25) is 9.48 Å². The van der Waals surface area contributed by atoms with Gasteiger partial charge in [-0.1, -0.05) is 11.6 Å². The number of benzene rings is 1. The van der Waals surface area contributed by atoms with Gasteiger partial charge in [0.05, 0.1) is 12.2 Å². The number of anilines is 1. The molecule has 0 fully saturated rings. The van der Waals surface area contributed by atoms with E-state index in [4.69, 9.17) is 11.6 Å². The Hall–Kier alpha value is -1.99. The summed E-state index contributed by atoms with van der Waals surface area (Å²) in [6.45, 7) is 4.18. The number of fused-ring (bicyclic) bond motifs is 1. The fourth-order valence-corrected chi connectivity index (χ4v) is 2.76. The van der Waals surface area contributed by atoms with Gasteiger partial charge >= 0.3 is 5.97 Å². The van der Waals surface area contributed by atoms with E-state index in [9.17, 15) is 14.7 Å². The van der Waals surface area contributed by atoms with Crippen LogP contribution in [0.4, 0.5) is 5.69 Å². The van der Waals surface area contributed by atoms with E-state index in [1.807, 2.05) is 19.9 Å². The van der Waals surface area contributed by atoms with Crippen LogP contribution >= 0.6 is 25.1 Å². The average molecular weight is 354 g/mol. The van der Waals surface area contributed by atoms with Crippen molar-refractivity contribution in [1.82, 2.24) is 9.78 Å². The Labute approximate surface area is 145 Å². The van der Waals surface area contributed by atoms with Gasteiger partial charge in [-0.15, -0.1) is 0 Å². The molecule has 1 amide bonds. The fraction of sp³-hybridized carbons (Fsp3) is 0.267. The van der Waals surface area contributed by atoms with Crippen molar-refractivity contribution in [2.45, 2.75) is 19.9 Å².